The minimum atomic E-state index is -0.313. The third-order valence-corrected chi connectivity index (χ3v) is 4.39. The van der Waals surface area contributed by atoms with Gasteiger partial charge in [0.1, 0.15) is 0 Å². The van der Waals surface area contributed by atoms with Crippen molar-refractivity contribution in [3.63, 3.8) is 0 Å². The van der Waals surface area contributed by atoms with E-state index < -0.39 is 0 Å². The van der Waals surface area contributed by atoms with Gasteiger partial charge in [0.05, 0.1) is 23.0 Å². The molecule has 2 saturated heterocycles. The molecule has 0 saturated carbocycles. The van der Waals surface area contributed by atoms with E-state index in [2.05, 4.69) is 33.5 Å². The Kier molecular flexibility index (Phi) is 4.11. The largest absolute Gasteiger partial charge is 0.367 e. The smallest absolute Gasteiger partial charge is 0.235 e. The maximum atomic E-state index is 12.0. The molecule has 0 aliphatic carbocycles. The molecule has 2 atom stereocenters. The molecule has 118 valence electrons. The molecule has 0 bridgehead atoms. The van der Waals surface area contributed by atoms with Crippen molar-refractivity contribution in [1.29, 1.82) is 0 Å². The van der Waals surface area contributed by atoms with E-state index in [-0.39, 0.29) is 17.7 Å². The fourth-order valence-electron chi connectivity index (χ4n) is 3.23. The van der Waals surface area contributed by atoms with Crippen LogP contribution in [0.25, 0.3) is 0 Å². The zero-order valence-electron chi connectivity index (χ0n) is 13.1. The lowest BCUT2D eigenvalue weighted by molar-refractivity contribution is -0.134. The van der Waals surface area contributed by atoms with Crippen LogP contribution >= 0.6 is 0 Å². The summed E-state index contributed by atoms with van der Waals surface area (Å²) >= 11 is 0. The number of pyridine rings is 1. The molecule has 2 aliphatic heterocycles. The fraction of sp³-hybridized carbons (Fsp3) is 0.562. The molecule has 2 fully saturated rings. The van der Waals surface area contributed by atoms with E-state index in [1.165, 1.54) is 0 Å². The molecule has 1 unspecified atom stereocenters. The average Bonchev–Trinajstić information content (AvgIpc) is 2.47. The summed E-state index contributed by atoms with van der Waals surface area (Å²) in [5, 5.41) is 5.82. The van der Waals surface area contributed by atoms with E-state index in [1.54, 1.807) is 0 Å². The topological polar surface area (TPSA) is 74.3 Å². The van der Waals surface area contributed by atoms with Crippen LogP contribution in [0, 0.1) is 6.92 Å². The van der Waals surface area contributed by atoms with Crippen LogP contribution in [0.15, 0.2) is 12.1 Å². The van der Waals surface area contributed by atoms with Crippen molar-refractivity contribution in [2.24, 2.45) is 0 Å². The van der Waals surface area contributed by atoms with E-state index in [0.717, 1.165) is 36.7 Å². The van der Waals surface area contributed by atoms with Gasteiger partial charge in [0.15, 0.2) is 0 Å². The maximum Gasteiger partial charge on any atom is 0.235 e. The van der Waals surface area contributed by atoms with Crippen LogP contribution in [-0.4, -0.2) is 42.5 Å². The van der Waals surface area contributed by atoms with E-state index in [4.69, 9.17) is 0 Å². The molecular weight excluding hydrogens is 280 g/mol. The average molecular weight is 302 g/mol. The third kappa shape index (κ3) is 2.97. The van der Waals surface area contributed by atoms with Crippen LogP contribution in [0.2, 0.25) is 0 Å². The molecule has 3 rings (SSSR count). The van der Waals surface area contributed by atoms with Gasteiger partial charge in [-0.1, -0.05) is 0 Å². The lowest BCUT2D eigenvalue weighted by Crippen LogP contribution is -2.49. The second kappa shape index (κ2) is 6.04. The molecule has 0 radical (unpaired) electrons. The lowest BCUT2D eigenvalue weighted by Gasteiger charge is -2.34. The number of imide groups is 1. The Morgan fingerprint density at radius 3 is 2.82 bits per heavy atom. The zero-order chi connectivity index (χ0) is 15.7. The molecule has 1 aromatic rings. The predicted octanol–water partition coefficient (Wildman–Crippen LogP) is 0.708. The molecule has 2 N–H and O–H groups in total. The van der Waals surface area contributed by atoms with Crippen molar-refractivity contribution < 1.29 is 9.59 Å². The summed E-state index contributed by atoms with van der Waals surface area (Å²) in [6.45, 7) is 7.05. The molecule has 3 heterocycles. The van der Waals surface area contributed by atoms with Gasteiger partial charge < -0.3 is 10.2 Å². The van der Waals surface area contributed by atoms with Crippen LogP contribution in [0.3, 0.4) is 0 Å². The highest BCUT2D eigenvalue weighted by molar-refractivity contribution is 6.00. The number of nitrogens with zero attached hydrogens (tertiary/aromatic N) is 2. The number of rotatable bonds is 2. The minimum Gasteiger partial charge on any atom is -0.367 e. The molecule has 0 spiro atoms. The van der Waals surface area contributed by atoms with Crippen molar-refractivity contribution in [1.82, 2.24) is 15.6 Å². The maximum absolute atomic E-state index is 12.0. The monoisotopic (exact) mass is 302 g/mol. The molecule has 0 aromatic carbocycles. The van der Waals surface area contributed by atoms with Gasteiger partial charge in [-0.25, -0.2) is 0 Å². The summed E-state index contributed by atoms with van der Waals surface area (Å²) in [6.07, 6.45) is 0.926. The summed E-state index contributed by atoms with van der Waals surface area (Å²) < 4.78 is 0. The first-order valence-electron chi connectivity index (χ1n) is 7.84. The molecule has 6 nitrogen and oxygen atoms in total. The zero-order valence-corrected chi connectivity index (χ0v) is 13.1. The summed E-state index contributed by atoms with van der Waals surface area (Å²) in [6, 6.07) is 4.44. The van der Waals surface area contributed by atoms with Crippen molar-refractivity contribution in [3.05, 3.63) is 23.5 Å². The molecular formula is C16H22N4O2. The summed E-state index contributed by atoms with van der Waals surface area (Å²) in [5.41, 5.74) is 2.83. The summed E-state index contributed by atoms with van der Waals surface area (Å²) in [7, 11) is 0. The molecule has 1 aromatic heterocycles. The molecule has 2 aliphatic rings. The van der Waals surface area contributed by atoms with Gasteiger partial charge in [0, 0.05) is 32.1 Å². The minimum absolute atomic E-state index is 0.190. The SMILES string of the molecule is Cc1nc(C2CCC(=O)NC2=O)ccc1N1CCN[C@@H](C)C1. The Balaban J connectivity index is 1.80. The molecule has 6 heteroatoms. The van der Waals surface area contributed by atoms with Crippen LogP contribution in [0.5, 0.6) is 0 Å². The van der Waals surface area contributed by atoms with Gasteiger partial charge in [-0.05, 0) is 32.4 Å². The number of carbonyl (C=O) groups is 2. The van der Waals surface area contributed by atoms with Gasteiger partial charge in [-0.15, -0.1) is 0 Å². The lowest BCUT2D eigenvalue weighted by atomic mass is 9.94. The number of nitrogens with one attached hydrogen (secondary N) is 2. The Morgan fingerprint density at radius 1 is 1.32 bits per heavy atom. The second-order valence-corrected chi connectivity index (χ2v) is 6.15. The van der Waals surface area contributed by atoms with E-state index in [0.29, 0.717) is 18.9 Å². The quantitative estimate of drug-likeness (QED) is 0.787. The van der Waals surface area contributed by atoms with Gasteiger partial charge in [0.25, 0.3) is 0 Å². The molecule has 22 heavy (non-hydrogen) atoms. The highest BCUT2D eigenvalue weighted by Gasteiger charge is 2.29. The summed E-state index contributed by atoms with van der Waals surface area (Å²) in [5.74, 6) is -0.733. The number of piperidine rings is 1. The first-order valence-corrected chi connectivity index (χ1v) is 7.84. The van der Waals surface area contributed by atoms with E-state index in [9.17, 15) is 9.59 Å². The van der Waals surface area contributed by atoms with Gasteiger partial charge in [0.2, 0.25) is 11.8 Å². The Hall–Kier alpha value is -1.95. The number of hydrogen-bond donors (Lipinski definition) is 2. The van der Waals surface area contributed by atoms with Crippen LogP contribution in [-0.2, 0) is 9.59 Å². The van der Waals surface area contributed by atoms with Crippen LogP contribution in [0.1, 0.15) is 37.1 Å². The first kappa shape index (κ1) is 15.0. The Bertz CT molecular complexity index is 602. The Labute approximate surface area is 130 Å². The first-order chi connectivity index (χ1) is 10.5. The number of piperazine rings is 1. The second-order valence-electron chi connectivity index (χ2n) is 6.15. The van der Waals surface area contributed by atoms with Crippen molar-refractivity contribution in [2.75, 3.05) is 24.5 Å². The van der Waals surface area contributed by atoms with E-state index >= 15 is 0 Å². The van der Waals surface area contributed by atoms with Crippen LogP contribution < -0.4 is 15.5 Å². The molecule has 2 amide bonds. The third-order valence-electron chi connectivity index (χ3n) is 4.39. The summed E-state index contributed by atoms with van der Waals surface area (Å²) in [4.78, 5) is 30.2. The van der Waals surface area contributed by atoms with Crippen LogP contribution in [0.4, 0.5) is 5.69 Å². The van der Waals surface area contributed by atoms with E-state index in [1.807, 2.05) is 13.0 Å². The van der Waals surface area contributed by atoms with Crippen molar-refractivity contribution in [3.8, 4) is 0 Å². The number of aromatic nitrogens is 1. The van der Waals surface area contributed by atoms with Gasteiger partial charge in [-0.2, -0.15) is 0 Å². The highest BCUT2D eigenvalue weighted by Crippen LogP contribution is 2.27. The normalized spacial score (nSPS) is 26.0. The number of carbonyl (C=O) groups excluding carboxylic acids is 2. The number of hydrogen-bond acceptors (Lipinski definition) is 5. The number of anilines is 1. The van der Waals surface area contributed by atoms with Gasteiger partial charge in [-0.3, -0.25) is 19.9 Å². The predicted molar refractivity (Wildman–Crippen MR) is 83.8 cm³/mol. The Morgan fingerprint density at radius 2 is 2.14 bits per heavy atom. The van der Waals surface area contributed by atoms with Crippen molar-refractivity contribution >= 4 is 17.5 Å². The van der Waals surface area contributed by atoms with Crippen molar-refractivity contribution in [2.45, 2.75) is 38.6 Å². The van der Waals surface area contributed by atoms with Gasteiger partial charge >= 0.3 is 0 Å². The number of aryl methyl sites for hydroxylation is 1. The highest BCUT2D eigenvalue weighted by atomic mass is 16.2. The standard InChI is InChI=1S/C16H22N4O2/c1-10-9-20(8-7-17-10)14-5-4-13(18-11(14)2)12-3-6-15(21)19-16(12)22/h4-5,10,12,17H,3,6-9H2,1-2H3,(H,19,21,22)/t10-,12?/m0/s1. The fourth-order valence-corrected chi connectivity index (χ4v) is 3.23. The number of amides is 2.